The van der Waals surface area contributed by atoms with Crippen molar-refractivity contribution in [3.63, 3.8) is 0 Å². The first-order chi connectivity index (χ1) is 15.3. The Kier molecular flexibility index (Phi) is 6.23. The number of aromatic hydroxyl groups is 1. The molecule has 4 rings (SSSR count). The van der Waals surface area contributed by atoms with Crippen molar-refractivity contribution in [2.75, 3.05) is 33.2 Å². The van der Waals surface area contributed by atoms with Gasteiger partial charge >= 0.3 is 0 Å². The smallest absolute Gasteiger partial charge is 0.270 e. The molecular weight excluding hydrogens is 412 g/mol. The minimum absolute atomic E-state index is 0.0596. The van der Waals surface area contributed by atoms with Gasteiger partial charge in [0.05, 0.1) is 6.20 Å². The van der Waals surface area contributed by atoms with E-state index >= 15 is 0 Å². The lowest BCUT2D eigenvalue weighted by atomic mass is 10.1. The van der Waals surface area contributed by atoms with Crippen LogP contribution in [0.25, 0.3) is 5.65 Å². The monoisotopic (exact) mass is 444 g/mol. The van der Waals surface area contributed by atoms with E-state index in [1.807, 2.05) is 25.8 Å². The zero-order valence-corrected chi connectivity index (χ0v) is 19.0. The van der Waals surface area contributed by atoms with Crippen molar-refractivity contribution in [3.05, 3.63) is 27.7 Å². The maximum atomic E-state index is 13.3. The van der Waals surface area contributed by atoms with Crippen LogP contribution in [0.2, 0.25) is 0 Å². The fraction of sp³-hybridized carbons (Fsp3) is 0.636. The fourth-order valence-corrected chi connectivity index (χ4v) is 4.10. The number of fused-ring (bicyclic) bond motifs is 1. The third-order valence-corrected chi connectivity index (χ3v) is 6.11. The maximum absolute atomic E-state index is 13.3. The molecular formula is C22H32N6O4. The molecule has 3 heterocycles. The summed E-state index contributed by atoms with van der Waals surface area (Å²) in [5, 5.41) is 17.8. The Morgan fingerprint density at radius 2 is 1.91 bits per heavy atom. The van der Waals surface area contributed by atoms with Crippen LogP contribution in [-0.2, 0) is 17.8 Å². The predicted molar refractivity (Wildman–Crippen MR) is 119 cm³/mol. The number of aryl methyl sites for hydroxylation is 1. The second-order valence-corrected chi connectivity index (χ2v) is 9.35. The van der Waals surface area contributed by atoms with Crippen molar-refractivity contribution < 1.29 is 14.7 Å². The highest BCUT2D eigenvalue weighted by Gasteiger charge is 2.30. The molecule has 1 aliphatic carbocycles. The van der Waals surface area contributed by atoms with Crippen LogP contribution in [0.1, 0.15) is 49.0 Å². The lowest BCUT2D eigenvalue weighted by Crippen LogP contribution is -2.47. The number of carbonyl (C=O) groups excluding carboxylic acids is 2. The fourth-order valence-electron chi connectivity index (χ4n) is 4.10. The average molecular weight is 445 g/mol. The summed E-state index contributed by atoms with van der Waals surface area (Å²) in [6, 6.07) is 0.0596. The SMILES string of the molecule is CC(C)Cn1c(=O)c(C(=O)NC2CC2)c(O)n2ncc(CCC(=O)N3CCN(C)CC3)c12. The van der Waals surface area contributed by atoms with Crippen LogP contribution < -0.4 is 10.9 Å². The van der Waals surface area contributed by atoms with Gasteiger partial charge in [-0.25, -0.2) is 0 Å². The first kappa shape index (κ1) is 22.3. The molecule has 10 heteroatoms. The summed E-state index contributed by atoms with van der Waals surface area (Å²) in [4.78, 5) is 42.7. The summed E-state index contributed by atoms with van der Waals surface area (Å²) in [5.41, 5.74) is 0.326. The van der Waals surface area contributed by atoms with Gasteiger partial charge in [-0.05, 0) is 32.2 Å². The lowest BCUT2D eigenvalue weighted by Gasteiger charge is -2.32. The van der Waals surface area contributed by atoms with Crippen molar-refractivity contribution in [1.29, 1.82) is 0 Å². The molecule has 2 aromatic rings. The first-order valence-electron chi connectivity index (χ1n) is 11.4. The molecule has 2 aliphatic rings. The van der Waals surface area contributed by atoms with Crippen LogP contribution >= 0.6 is 0 Å². The van der Waals surface area contributed by atoms with Crippen LogP contribution in [0.4, 0.5) is 0 Å². The van der Waals surface area contributed by atoms with Gasteiger partial charge in [-0.1, -0.05) is 13.8 Å². The van der Waals surface area contributed by atoms with Crippen molar-refractivity contribution >= 4 is 17.5 Å². The standard InChI is InChI=1S/C22H32N6O4/c1-14(2)13-27-20-15(4-7-17(29)26-10-8-25(3)9-11-26)12-23-28(20)22(32)18(21(27)31)19(30)24-16-5-6-16/h12,14,16,32H,4-11,13H2,1-3H3,(H,24,30). The lowest BCUT2D eigenvalue weighted by molar-refractivity contribution is -0.132. The molecule has 10 nitrogen and oxygen atoms in total. The van der Waals surface area contributed by atoms with Gasteiger partial charge in [0, 0.05) is 50.7 Å². The predicted octanol–water partition coefficient (Wildman–Crippen LogP) is 0.456. The number of piperazine rings is 1. The molecule has 0 aromatic carbocycles. The van der Waals surface area contributed by atoms with E-state index in [0.717, 1.165) is 25.9 Å². The number of aromatic nitrogens is 3. The molecule has 32 heavy (non-hydrogen) atoms. The van der Waals surface area contributed by atoms with Gasteiger partial charge in [0.25, 0.3) is 11.5 Å². The Morgan fingerprint density at radius 1 is 1.22 bits per heavy atom. The Bertz CT molecular complexity index is 1080. The highest BCUT2D eigenvalue weighted by molar-refractivity contribution is 5.96. The number of likely N-dealkylation sites (N-methyl/N-ethyl adjacent to an activating group) is 1. The largest absolute Gasteiger partial charge is 0.492 e. The number of hydrogen-bond acceptors (Lipinski definition) is 6. The highest BCUT2D eigenvalue weighted by Crippen LogP contribution is 2.23. The highest BCUT2D eigenvalue weighted by atomic mass is 16.3. The molecule has 1 saturated carbocycles. The zero-order chi connectivity index (χ0) is 23.0. The Hall–Kier alpha value is -2.88. The molecule has 0 unspecified atom stereocenters. The summed E-state index contributed by atoms with van der Waals surface area (Å²) in [7, 11) is 2.04. The zero-order valence-electron chi connectivity index (χ0n) is 19.0. The number of hydrogen-bond donors (Lipinski definition) is 2. The van der Waals surface area contributed by atoms with Crippen LogP contribution in [-0.4, -0.2) is 80.2 Å². The Labute approximate surface area is 186 Å². The minimum atomic E-state index is -0.572. The van der Waals surface area contributed by atoms with Crippen LogP contribution in [0, 0.1) is 5.92 Å². The summed E-state index contributed by atoms with van der Waals surface area (Å²) in [6.07, 6.45) is 4.03. The van der Waals surface area contributed by atoms with Crippen LogP contribution in [0.5, 0.6) is 5.88 Å². The van der Waals surface area contributed by atoms with E-state index < -0.39 is 17.3 Å². The summed E-state index contributed by atoms with van der Waals surface area (Å²) in [6.45, 7) is 7.47. The molecule has 0 radical (unpaired) electrons. The van der Waals surface area contributed by atoms with Gasteiger partial charge in [0.2, 0.25) is 11.8 Å². The van der Waals surface area contributed by atoms with Crippen molar-refractivity contribution in [1.82, 2.24) is 29.3 Å². The van der Waals surface area contributed by atoms with Crippen molar-refractivity contribution in [2.45, 2.75) is 52.1 Å². The molecule has 0 spiro atoms. The van der Waals surface area contributed by atoms with E-state index in [4.69, 9.17) is 0 Å². The average Bonchev–Trinajstić information content (AvgIpc) is 3.45. The molecule has 174 valence electrons. The summed E-state index contributed by atoms with van der Waals surface area (Å²) in [5.74, 6) is -0.827. The summed E-state index contributed by atoms with van der Waals surface area (Å²) < 4.78 is 2.76. The van der Waals surface area contributed by atoms with Crippen LogP contribution in [0.15, 0.2) is 11.0 Å². The van der Waals surface area contributed by atoms with E-state index in [9.17, 15) is 19.5 Å². The minimum Gasteiger partial charge on any atom is -0.492 e. The number of nitrogens with zero attached hydrogens (tertiary/aromatic N) is 5. The second-order valence-electron chi connectivity index (χ2n) is 9.35. The van der Waals surface area contributed by atoms with Gasteiger partial charge in [-0.15, -0.1) is 0 Å². The summed E-state index contributed by atoms with van der Waals surface area (Å²) >= 11 is 0. The first-order valence-corrected chi connectivity index (χ1v) is 11.4. The molecule has 2 N–H and O–H groups in total. The molecule has 1 aliphatic heterocycles. The van der Waals surface area contributed by atoms with Gasteiger partial charge in [0.15, 0.2) is 5.56 Å². The van der Waals surface area contributed by atoms with Gasteiger partial charge in [-0.2, -0.15) is 9.61 Å². The van der Waals surface area contributed by atoms with Gasteiger partial charge < -0.3 is 20.2 Å². The second kappa shape index (κ2) is 8.93. The number of nitrogens with one attached hydrogen (secondary N) is 1. The molecule has 2 aromatic heterocycles. The molecule has 1 saturated heterocycles. The van der Waals surface area contributed by atoms with Gasteiger partial charge in [0.1, 0.15) is 5.65 Å². The van der Waals surface area contributed by atoms with E-state index in [1.54, 1.807) is 6.20 Å². The molecule has 2 amide bonds. The van der Waals surface area contributed by atoms with E-state index in [-0.39, 0.29) is 23.4 Å². The quantitative estimate of drug-likeness (QED) is 0.642. The Balaban J connectivity index is 1.64. The number of amides is 2. The Morgan fingerprint density at radius 3 is 2.53 bits per heavy atom. The van der Waals surface area contributed by atoms with Crippen molar-refractivity contribution in [3.8, 4) is 5.88 Å². The normalized spacial score (nSPS) is 17.3. The number of rotatable bonds is 7. The van der Waals surface area contributed by atoms with Crippen LogP contribution in [0.3, 0.4) is 0 Å². The number of carbonyl (C=O) groups is 2. The van der Waals surface area contributed by atoms with E-state index in [1.165, 1.54) is 9.08 Å². The van der Waals surface area contributed by atoms with Crippen molar-refractivity contribution in [2.24, 2.45) is 5.92 Å². The third kappa shape index (κ3) is 4.50. The molecule has 2 fully saturated rings. The molecule has 0 bridgehead atoms. The third-order valence-electron chi connectivity index (χ3n) is 6.11. The molecule has 0 atom stereocenters. The topological polar surface area (TPSA) is 112 Å². The maximum Gasteiger partial charge on any atom is 0.270 e. The van der Waals surface area contributed by atoms with E-state index in [2.05, 4.69) is 15.3 Å². The van der Waals surface area contributed by atoms with E-state index in [0.29, 0.717) is 43.7 Å². The van der Waals surface area contributed by atoms with Gasteiger partial charge in [-0.3, -0.25) is 19.0 Å².